The Morgan fingerprint density at radius 1 is 1.60 bits per heavy atom. The summed E-state index contributed by atoms with van der Waals surface area (Å²) >= 11 is 0. The highest BCUT2D eigenvalue weighted by Gasteiger charge is 2.07. The number of pyridine rings is 1. The zero-order valence-corrected chi connectivity index (χ0v) is 8.78. The first kappa shape index (κ1) is 11.2. The number of hydrogen-bond acceptors (Lipinski definition) is 4. The second-order valence-corrected chi connectivity index (χ2v) is 3.03. The van der Waals surface area contributed by atoms with Crippen LogP contribution in [0.4, 0.5) is 0 Å². The van der Waals surface area contributed by atoms with Crippen LogP contribution < -0.4 is 0 Å². The van der Waals surface area contributed by atoms with Gasteiger partial charge in [0.2, 0.25) is 0 Å². The van der Waals surface area contributed by atoms with Crippen LogP contribution in [0.1, 0.15) is 23.9 Å². The van der Waals surface area contributed by atoms with E-state index < -0.39 is 0 Å². The van der Waals surface area contributed by atoms with Gasteiger partial charge < -0.3 is 4.74 Å². The largest absolute Gasteiger partial charge is 0.466 e. The van der Waals surface area contributed by atoms with Gasteiger partial charge in [-0.25, -0.2) is 4.98 Å². The topological polar surface area (TPSA) is 63.0 Å². The minimum absolute atomic E-state index is 0.207. The highest BCUT2D eigenvalue weighted by atomic mass is 16.5. The third kappa shape index (κ3) is 3.06. The molecule has 0 aliphatic carbocycles. The van der Waals surface area contributed by atoms with E-state index in [1.165, 1.54) is 0 Å². The van der Waals surface area contributed by atoms with Crippen LogP contribution >= 0.6 is 0 Å². The van der Waals surface area contributed by atoms with E-state index in [4.69, 9.17) is 10.00 Å². The predicted molar refractivity (Wildman–Crippen MR) is 54.0 cm³/mol. The number of nitrogens with zero attached hydrogens (tertiary/aromatic N) is 2. The predicted octanol–water partition coefficient (Wildman–Crippen LogP) is 1.37. The van der Waals surface area contributed by atoms with Crippen LogP contribution in [-0.4, -0.2) is 17.6 Å². The fourth-order valence-electron chi connectivity index (χ4n) is 1.21. The average molecular weight is 204 g/mol. The molecule has 0 aliphatic heterocycles. The molecular weight excluding hydrogens is 192 g/mol. The van der Waals surface area contributed by atoms with Gasteiger partial charge in [0, 0.05) is 5.69 Å². The van der Waals surface area contributed by atoms with Gasteiger partial charge in [-0.2, -0.15) is 5.26 Å². The van der Waals surface area contributed by atoms with E-state index in [9.17, 15) is 4.79 Å². The van der Waals surface area contributed by atoms with E-state index in [1.807, 2.05) is 6.07 Å². The van der Waals surface area contributed by atoms with E-state index >= 15 is 0 Å². The Morgan fingerprint density at radius 3 is 2.87 bits per heavy atom. The summed E-state index contributed by atoms with van der Waals surface area (Å²) in [5.74, 6) is -0.271. The lowest BCUT2D eigenvalue weighted by Crippen LogP contribution is -2.09. The van der Waals surface area contributed by atoms with Gasteiger partial charge in [-0.3, -0.25) is 4.79 Å². The van der Waals surface area contributed by atoms with E-state index in [2.05, 4.69) is 4.98 Å². The lowest BCUT2D eigenvalue weighted by atomic mass is 10.1. The number of aryl methyl sites for hydroxylation is 1. The Bertz CT molecular complexity index is 408. The van der Waals surface area contributed by atoms with Crippen LogP contribution in [0.25, 0.3) is 0 Å². The molecule has 15 heavy (non-hydrogen) atoms. The maximum absolute atomic E-state index is 11.2. The summed E-state index contributed by atoms with van der Waals surface area (Å²) in [6, 6.07) is 5.28. The standard InChI is InChI=1S/C11H12N2O2/c1-3-15-11(14)6-9-4-5-10(7-12)13-8(9)2/h4-5H,3,6H2,1-2H3. The molecule has 0 radical (unpaired) electrons. The Balaban J connectivity index is 2.79. The Labute approximate surface area is 88.5 Å². The first-order chi connectivity index (χ1) is 7.17. The van der Waals surface area contributed by atoms with Crippen LogP contribution in [0.2, 0.25) is 0 Å². The van der Waals surface area contributed by atoms with Crippen LogP contribution in [0.15, 0.2) is 12.1 Å². The number of carbonyl (C=O) groups is 1. The van der Waals surface area contributed by atoms with Gasteiger partial charge in [0.05, 0.1) is 13.0 Å². The van der Waals surface area contributed by atoms with Gasteiger partial charge in [0.15, 0.2) is 0 Å². The van der Waals surface area contributed by atoms with Crippen molar-refractivity contribution >= 4 is 5.97 Å². The summed E-state index contributed by atoms with van der Waals surface area (Å²) in [6.07, 6.45) is 0.207. The van der Waals surface area contributed by atoms with Crippen LogP contribution in [0, 0.1) is 18.3 Å². The Hall–Kier alpha value is -1.89. The molecule has 1 aromatic heterocycles. The van der Waals surface area contributed by atoms with Gasteiger partial charge in [-0.05, 0) is 25.5 Å². The summed E-state index contributed by atoms with van der Waals surface area (Å²) in [6.45, 7) is 3.92. The molecule has 0 bridgehead atoms. The lowest BCUT2D eigenvalue weighted by Gasteiger charge is -2.04. The maximum Gasteiger partial charge on any atom is 0.310 e. The number of carbonyl (C=O) groups excluding carboxylic acids is 1. The maximum atomic E-state index is 11.2. The minimum atomic E-state index is -0.271. The van der Waals surface area contributed by atoms with E-state index in [-0.39, 0.29) is 12.4 Å². The van der Waals surface area contributed by atoms with Crippen molar-refractivity contribution in [1.29, 1.82) is 5.26 Å². The number of esters is 1. The third-order valence-electron chi connectivity index (χ3n) is 1.95. The summed E-state index contributed by atoms with van der Waals surface area (Å²) < 4.78 is 4.83. The molecule has 0 aliphatic rings. The van der Waals surface area contributed by atoms with Crippen molar-refractivity contribution in [3.8, 4) is 6.07 Å². The Kier molecular flexibility index (Phi) is 3.81. The fourth-order valence-corrected chi connectivity index (χ4v) is 1.21. The van der Waals surface area contributed by atoms with Gasteiger partial charge in [0.25, 0.3) is 0 Å². The first-order valence-corrected chi connectivity index (χ1v) is 4.69. The SMILES string of the molecule is CCOC(=O)Cc1ccc(C#N)nc1C. The zero-order chi connectivity index (χ0) is 11.3. The van der Waals surface area contributed by atoms with Gasteiger partial charge in [-0.1, -0.05) is 6.07 Å². The molecule has 0 spiro atoms. The van der Waals surface area contributed by atoms with Crippen molar-refractivity contribution in [1.82, 2.24) is 4.98 Å². The third-order valence-corrected chi connectivity index (χ3v) is 1.95. The van der Waals surface area contributed by atoms with E-state index in [0.29, 0.717) is 18.0 Å². The molecule has 0 unspecified atom stereocenters. The van der Waals surface area contributed by atoms with Gasteiger partial charge in [0.1, 0.15) is 11.8 Å². The Morgan fingerprint density at radius 2 is 2.33 bits per heavy atom. The molecule has 4 nitrogen and oxygen atoms in total. The molecule has 0 fully saturated rings. The van der Waals surface area contributed by atoms with Crippen molar-refractivity contribution < 1.29 is 9.53 Å². The van der Waals surface area contributed by atoms with Crippen molar-refractivity contribution in [3.63, 3.8) is 0 Å². The molecular formula is C11H12N2O2. The second kappa shape index (κ2) is 5.11. The molecule has 1 rings (SSSR count). The van der Waals surface area contributed by atoms with Crippen molar-refractivity contribution in [2.24, 2.45) is 0 Å². The van der Waals surface area contributed by atoms with Crippen LogP contribution in [-0.2, 0) is 16.0 Å². The van der Waals surface area contributed by atoms with Crippen molar-refractivity contribution in [2.45, 2.75) is 20.3 Å². The molecule has 78 valence electrons. The summed E-state index contributed by atoms with van der Waals surface area (Å²) in [5, 5.41) is 8.61. The average Bonchev–Trinajstić information content (AvgIpc) is 2.21. The zero-order valence-electron chi connectivity index (χ0n) is 8.78. The van der Waals surface area contributed by atoms with Crippen molar-refractivity contribution in [3.05, 3.63) is 29.1 Å². The lowest BCUT2D eigenvalue weighted by molar-refractivity contribution is -0.142. The summed E-state index contributed by atoms with van der Waals surface area (Å²) in [4.78, 5) is 15.2. The van der Waals surface area contributed by atoms with E-state index in [0.717, 1.165) is 5.56 Å². The fraction of sp³-hybridized carbons (Fsp3) is 0.364. The molecule has 1 heterocycles. The van der Waals surface area contributed by atoms with Crippen LogP contribution in [0.3, 0.4) is 0 Å². The van der Waals surface area contributed by atoms with E-state index in [1.54, 1.807) is 26.0 Å². The molecule has 0 N–H and O–H groups in total. The summed E-state index contributed by atoms with van der Waals surface area (Å²) in [5.41, 5.74) is 1.86. The molecule has 0 saturated heterocycles. The molecule has 0 aromatic carbocycles. The molecule has 0 amide bonds. The quantitative estimate of drug-likeness (QED) is 0.697. The molecule has 1 aromatic rings. The first-order valence-electron chi connectivity index (χ1n) is 4.69. The monoisotopic (exact) mass is 204 g/mol. The highest BCUT2D eigenvalue weighted by Crippen LogP contribution is 2.08. The second-order valence-electron chi connectivity index (χ2n) is 3.03. The molecule has 4 heteroatoms. The van der Waals surface area contributed by atoms with Gasteiger partial charge in [-0.15, -0.1) is 0 Å². The smallest absolute Gasteiger partial charge is 0.310 e. The number of aromatic nitrogens is 1. The molecule has 0 saturated carbocycles. The van der Waals surface area contributed by atoms with Crippen LogP contribution in [0.5, 0.6) is 0 Å². The van der Waals surface area contributed by atoms with Gasteiger partial charge >= 0.3 is 5.97 Å². The van der Waals surface area contributed by atoms with Crippen molar-refractivity contribution in [2.75, 3.05) is 6.61 Å². The number of rotatable bonds is 3. The minimum Gasteiger partial charge on any atom is -0.466 e. The molecule has 0 atom stereocenters. The number of hydrogen-bond donors (Lipinski definition) is 0. The normalized spacial score (nSPS) is 9.40. The summed E-state index contributed by atoms with van der Waals surface area (Å²) in [7, 11) is 0. The number of nitriles is 1. The number of ether oxygens (including phenoxy) is 1. The highest BCUT2D eigenvalue weighted by molar-refractivity contribution is 5.72.